The summed E-state index contributed by atoms with van der Waals surface area (Å²) in [4.78, 5) is 0. The minimum atomic E-state index is -3.46. The van der Waals surface area contributed by atoms with Gasteiger partial charge in [0.25, 0.3) is 0 Å². The van der Waals surface area contributed by atoms with Crippen LogP contribution in [0, 0.1) is 5.92 Å². The summed E-state index contributed by atoms with van der Waals surface area (Å²) in [5.74, 6) is -0.134. The van der Waals surface area contributed by atoms with Gasteiger partial charge in [-0.15, -0.1) is 0 Å². The second-order valence-corrected chi connectivity index (χ2v) is 7.36. The molecule has 0 unspecified atom stereocenters. The van der Waals surface area contributed by atoms with Gasteiger partial charge in [0.2, 0.25) is 10.0 Å². The number of aliphatic hydroxyl groups excluding tert-OH is 1. The van der Waals surface area contributed by atoms with Crippen LogP contribution in [0.5, 0.6) is 0 Å². The molecule has 0 spiro atoms. The van der Waals surface area contributed by atoms with E-state index in [1.165, 1.54) is 0 Å². The van der Waals surface area contributed by atoms with E-state index in [2.05, 4.69) is 4.72 Å². The van der Waals surface area contributed by atoms with Crippen LogP contribution in [0.1, 0.15) is 12.0 Å². The van der Waals surface area contributed by atoms with E-state index in [4.69, 9.17) is 28.3 Å². The molecule has 2 rings (SSSR count). The van der Waals surface area contributed by atoms with Crippen LogP contribution in [0.4, 0.5) is 0 Å². The molecule has 1 aromatic carbocycles. The molecular weight excluding hydrogens is 321 g/mol. The van der Waals surface area contributed by atoms with Crippen LogP contribution >= 0.6 is 23.2 Å². The molecule has 0 radical (unpaired) electrons. The molecule has 0 saturated heterocycles. The van der Waals surface area contributed by atoms with Gasteiger partial charge in [-0.05, 0) is 24.1 Å². The minimum absolute atomic E-state index is 0.0210. The topological polar surface area (TPSA) is 66.4 Å². The Labute approximate surface area is 128 Å². The van der Waals surface area contributed by atoms with Crippen molar-refractivity contribution in [3.05, 3.63) is 46.0 Å². The van der Waals surface area contributed by atoms with Gasteiger partial charge in [0.05, 0.1) is 15.8 Å². The molecule has 0 heterocycles. The van der Waals surface area contributed by atoms with Gasteiger partial charge in [0.15, 0.2) is 0 Å². The van der Waals surface area contributed by atoms with Crippen LogP contribution in [0.3, 0.4) is 0 Å². The highest BCUT2D eigenvalue weighted by atomic mass is 35.5. The summed E-state index contributed by atoms with van der Waals surface area (Å²) in [7, 11) is -3.46. The standard InChI is InChI=1S/C13H15Cl2NO3S/c14-12-4-2-10(6-13(12)15)8-20(18,19)16-11-3-1-9(5-11)7-17/h1-4,6,9,11,16-17H,5,7-8H2/t9-,11+/m0/s1. The first-order valence-corrected chi connectivity index (χ1v) is 8.53. The molecule has 1 aliphatic rings. The van der Waals surface area contributed by atoms with E-state index in [-0.39, 0.29) is 24.3 Å². The Hall–Kier alpha value is -0.590. The summed E-state index contributed by atoms with van der Waals surface area (Å²) in [5, 5.41) is 9.75. The maximum atomic E-state index is 12.1. The van der Waals surface area contributed by atoms with E-state index in [1.54, 1.807) is 24.3 Å². The van der Waals surface area contributed by atoms with Gasteiger partial charge in [0.1, 0.15) is 0 Å². The van der Waals surface area contributed by atoms with Crippen LogP contribution in [0.15, 0.2) is 30.4 Å². The fraction of sp³-hybridized carbons (Fsp3) is 0.385. The van der Waals surface area contributed by atoms with Crippen molar-refractivity contribution in [2.45, 2.75) is 18.2 Å². The van der Waals surface area contributed by atoms with Gasteiger partial charge in [-0.2, -0.15) is 0 Å². The zero-order chi connectivity index (χ0) is 14.8. The maximum absolute atomic E-state index is 12.1. The first kappa shape index (κ1) is 15.8. The largest absolute Gasteiger partial charge is 0.396 e. The van der Waals surface area contributed by atoms with Gasteiger partial charge in [-0.3, -0.25) is 0 Å². The summed E-state index contributed by atoms with van der Waals surface area (Å²) in [6, 6.07) is 4.49. The third kappa shape index (κ3) is 4.20. The van der Waals surface area contributed by atoms with E-state index in [0.717, 1.165) is 0 Å². The molecule has 110 valence electrons. The van der Waals surface area contributed by atoms with Crippen molar-refractivity contribution in [1.29, 1.82) is 0 Å². The van der Waals surface area contributed by atoms with Crippen LogP contribution in [-0.2, 0) is 15.8 Å². The van der Waals surface area contributed by atoms with Crippen molar-refractivity contribution in [2.75, 3.05) is 6.61 Å². The number of benzene rings is 1. The third-order valence-electron chi connectivity index (χ3n) is 3.08. The second-order valence-electron chi connectivity index (χ2n) is 4.80. The SMILES string of the molecule is O=S(=O)(Cc1ccc(Cl)c(Cl)c1)N[C@@H]1C=C[C@H](CO)C1. The molecule has 20 heavy (non-hydrogen) atoms. The lowest BCUT2D eigenvalue weighted by Gasteiger charge is -2.13. The van der Waals surface area contributed by atoms with E-state index < -0.39 is 10.0 Å². The minimum Gasteiger partial charge on any atom is -0.396 e. The van der Waals surface area contributed by atoms with Crippen LogP contribution in [0.2, 0.25) is 10.0 Å². The van der Waals surface area contributed by atoms with Crippen LogP contribution in [0.25, 0.3) is 0 Å². The summed E-state index contributed by atoms with van der Waals surface area (Å²) >= 11 is 11.7. The summed E-state index contributed by atoms with van der Waals surface area (Å²) in [6.45, 7) is 0.0293. The summed E-state index contributed by atoms with van der Waals surface area (Å²) < 4.78 is 26.7. The molecule has 4 nitrogen and oxygen atoms in total. The third-order valence-corrected chi connectivity index (χ3v) is 5.19. The number of hydrogen-bond acceptors (Lipinski definition) is 3. The Balaban J connectivity index is 2.01. The predicted octanol–water partition coefficient (Wildman–Crippen LogP) is 2.35. The van der Waals surface area contributed by atoms with Crippen LogP contribution < -0.4 is 4.72 Å². The Morgan fingerprint density at radius 1 is 1.25 bits per heavy atom. The van der Waals surface area contributed by atoms with E-state index in [1.807, 2.05) is 6.08 Å². The van der Waals surface area contributed by atoms with Crippen molar-refractivity contribution in [3.8, 4) is 0 Å². The summed E-state index contributed by atoms with van der Waals surface area (Å²) in [5.41, 5.74) is 0.576. The van der Waals surface area contributed by atoms with E-state index in [0.29, 0.717) is 22.0 Å². The number of aliphatic hydroxyl groups is 1. The molecule has 0 fully saturated rings. The molecule has 1 aromatic rings. The van der Waals surface area contributed by atoms with Crippen molar-refractivity contribution in [2.24, 2.45) is 5.92 Å². The van der Waals surface area contributed by atoms with Gasteiger partial charge >= 0.3 is 0 Å². The first-order valence-electron chi connectivity index (χ1n) is 6.13. The van der Waals surface area contributed by atoms with Crippen molar-refractivity contribution >= 4 is 33.2 Å². The van der Waals surface area contributed by atoms with Crippen molar-refractivity contribution in [3.63, 3.8) is 0 Å². The molecule has 0 saturated carbocycles. The van der Waals surface area contributed by atoms with E-state index >= 15 is 0 Å². The lowest BCUT2D eigenvalue weighted by atomic mass is 10.1. The fourth-order valence-electron chi connectivity index (χ4n) is 2.12. The maximum Gasteiger partial charge on any atom is 0.216 e. The Bertz CT molecular complexity index is 616. The molecule has 0 bridgehead atoms. The number of halogens is 2. The summed E-state index contributed by atoms with van der Waals surface area (Å²) in [6.07, 6.45) is 4.18. The van der Waals surface area contributed by atoms with Gasteiger partial charge in [-0.1, -0.05) is 41.4 Å². The van der Waals surface area contributed by atoms with E-state index in [9.17, 15) is 8.42 Å². The molecule has 1 aliphatic carbocycles. The lowest BCUT2D eigenvalue weighted by molar-refractivity contribution is 0.248. The smallest absolute Gasteiger partial charge is 0.216 e. The average Bonchev–Trinajstić information content (AvgIpc) is 2.80. The lowest BCUT2D eigenvalue weighted by Crippen LogP contribution is -2.33. The van der Waals surface area contributed by atoms with Gasteiger partial charge in [0, 0.05) is 18.6 Å². The number of rotatable bonds is 5. The molecule has 2 atom stereocenters. The Kier molecular flexibility index (Phi) is 5.09. The number of hydrogen-bond donors (Lipinski definition) is 2. The van der Waals surface area contributed by atoms with Gasteiger partial charge < -0.3 is 5.11 Å². The quantitative estimate of drug-likeness (QED) is 0.811. The zero-order valence-electron chi connectivity index (χ0n) is 10.6. The van der Waals surface area contributed by atoms with Crippen LogP contribution in [-0.4, -0.2) is 26.2 Å². The molecule has 7 heteroatoms. The fourth-order valence-corrected chi connectivity index (χ4v) is 3.78. The zero-order valence-corrected chi connectivity index (χ0v) is 12.9. The highest BCUT2D eigenvalue weighted by molar-refractivity contribution is 7.88. The molecule has 2 N–H and O–H groups in total. The monoisotopic (exact) mass is 335 g/mol. The number of sulfonamides is 1. The first-order chi connectivity index (χ1) is 9.39. The predicted molar refractivity (Wildman–Crippen MR) is 80.3 cm³/mol. The van der Waals surface area contributed by atoms with Crippen molar-refractivity contribution in [1.82, 2.24) is 4.72 Å². The highest BCUT2D eigenvalue weighted by Gasteiger charge is 2.23. The normalized spacial score (nSPS) is 22.4. The van der Waals surface area contributed by atoms with Crippen molar-refractivity contribution < 1.29 is 13.5 Å². The Morgan fingerprint density at radius 3 is 2.60 bits per heavy atom. The average molecular weight is 336 g/mol. The Morgan fingerprint density at radius 2 is 2.00 bits per heavy atom. The molecule has 0 amide bonds. The molecule has 0 aromatic heterocycles. The van der Waals surface area contributed by atoms with Gasteiger partial charge in [-0.25, -0.2) is 13.1 Å². The molecule has 0 aliphatic heterocycles. The molecular formula is C13H15Cl2NO3S. The highest BCUT2D eigenvalue weighted by Crippen LogP contribution is 2.24. The second kappa shape index (κ2) is 6.45. The number of nitrogens with one attached hydrogen (secondary N) is 1.